The Bertz CT molecular complexity index is 676. The lowest BCUT2D eigenvalue weighted by Gasteiger charge is -2.11. The normalized spacial score (nSPS) is 12.8. The quantitative estimate of drug-likeness (QED) is 0.757. The third-order valence-corrected chi connectivity index (χ3v) is 3.96. The molecule has 0 saturated heterocycles. The second-order valence-electron chi connectivity index (χ2n) is 4.30. The number of aromatic nitrogens is 1. The fourth-order valence-electron chi connectivity index (χ4n) is 2.11. The zero-order valence-corrected chi connectivity index (χ0v) is 10.8. The Morgan fingerprint density at radius 2 is 2.00 bits per heavy atom. The number of fused-ring (bicyclic) bond motifs is 1. The molecular formula is C15H13NOS. The molecule has 0 amide bonds. The summed E-state index contributed by atoms with van der Waals surface area (Å²) in [5.41, 5.74) is 2.79. The number of para-hydroxylation sites is 1. The largest absolute Gasteiger partial charge is 0.381 e. The first kappa shape index (κ1) is 11.4. The van der Waals surface area contributed by atoms with Gasteiger partial charge in [-0.1, -0.05) is 24.3 Å². The smallest absolute Gasteiger partial charge is 0.130 e. The minimum Gasteiger partial charge on any atom is -0.381 e. The minimum absolute atomic E-state index is 0.631. The lowest BCUT2D eigenvalue weighted by Crippen LogP contribution is -2.01. The molecular weight excluding hydrogens is 242 g/mol. The summed E-state index contributed by atoms with van der Waals surface area (Å²) >= 11 is 1.55. The van der Waals surface area contributed by atoms with Gasteiger partial charge in [-0.2, -0.15) is 0 Å². The molecule has 0 bridgehead atoms. The molecule has 0 aliphatic rings. The SMILES string of the molecule is Cc1cc(C(O)c2cccs2)nc2ccccc12. The average Bonchev–Trinajstić information content (AvgIpc) is 2.91. The molecule has 2 heterocycles. The van der Waals surface area contributed by atoms with Gasteiger partial charge in [0, 0.05) is 10.3 Å². The third-order valence-electron chi connectivity index (χ3n) is 3.04. The van der Waals surface area contributed by atoms with Crippen LogP contribution in [0.4, 0.5) is 0 Å². The van der Waals surface area contributed by atoms with Crippen LogP contribution in [0.15, 0.2) is 47.8 Å². The Hall–Kier alpha value is -1.71. The number of thiophene rings is 1. The van der Waals surface area contributed by atoms with Crippen molar-refractivity contribution in [3.8, 4) is 0 Å². The number of nitrogens with zero attached hydrogens (tertiary/aromatic N) is 1. The Balaban J connectivity index is 2.13. The van der Waals surface area contributed by atoms with Crippen LogP contribution in [-0.2, 0) is 0 Å². The van der Waals surface area contributed by atoms with Crippen molar-refractivity contribution in [2.45, 2.75) is 13.0 Å². The molecule has 2 nitrogen and oxygen atoms in total. The van der Waals surface area contributed by atoms with Crippen molar-refractivity contribution in [1.29, 1.82) is 0 Å². The van der Waals surface area contributed by atoms with Crippen molar-refractivity contribution < 1.29 is 5.11 Å². The predicted octanol–water partition coefficient (Wildman–Crippen LogP) is 3.69. The highest BCUT2D eigenvalue weighted by Gasteiger charge is 2.14. The van der Waals surface area contributed by atoms with E-state index in [-0.39, 0.29) is 0 Å². The Morgan fingerprint density at radius 3 is 2.78 bits per heavy atom. The number of aliphatic hydroxyl groups excluding tert-OH is 1. The number of rotatable bonds is 2. The molecule has 1 unspecified atom stereocenters. The second kappa shape index (κ2) is 4.52. The first-order chi connectivity index (χ1) is 8.75. The summed E-state index contributed by atoms with van der Waals surface area (Å²) in [5.74, 6) is 0. The number of hydrogen-bond acceptors (Lipinski definition) is 3. The maximum Gasteiger partial charge on any atom is 0.130 e. The molecule has 1 N–H and O–H groups in total. The maximum absolute atomic E-state index is 10.3. The molecule has 3 aromatic rings. The van der Waals surface area contributed by atoms with Crippen molar-refractivity contribution in [2.75, 3.05) is 0 Å². The van der Waals surface area contributed by atoms with Crippen molar-refractivity contribution >= 4 is 22.2 Å². The molecule has 3 rings (SSSR count). The van der Waals surface area contributed by atoms with E-state index in [1.165, 1.54) is 0 Å². The molecule has 0 spiro atoms. The van der Waals surface area contributed by atoms with Crippen LogP contribution in [0.25, 0.3) is 10.9 Å². The van der Waals surface area contributed by atoms with Crippen LogP contribution in [-0.4, -0.2) is 10.1 Å². The lowest BCUT2D eigenvalue weighted by molar-refractivity contribution is 0.219. The van der Waals surface area contributed by atoms with Gasteiger partial charge in [0.05, 0.1) is 11.2 Å². The second-order valence-corrected chi connectivity index (χ2v) is 5.28. The highest BCUT2D eigenvalue weighted by atomic mass is 32.1. The molecule has 1 atom stereocenters. The number of aliphatic hydroxyl groups is 1. The summed E-state index contributed by atoms with van der Waals surface area (Å²) in [6, 6.07) is 13.8. The van der Waals surface area contributed by atoms with Gasteiger partial charge in [-0.25, -0.2) is 4.98 Å². The molecule has 3 heteroatoms. The Morgan fingerprint density at radius 1 is 1.17 bits per heavy atom. The molecule has 0 fully saturated rings. The van der Waals surface area contributed by atoms with Gasteiger partial charge < -0.3 is 5.11 Å². The molecule has 0 aliphatic carbocycles. The summed E-state index contributed by atoms with van der Waals surface area (Å²) < 4.78 is 0. The van der Waals surface area contributed by atoms with Crippen molar-refractivity contribution in [2.24, 2.45) is 0 Å². The van der Waals surface area contributed by atoms with Crippen LogP contribution in [0.2, 0.25) is 0 Å². The van der Waals surface area contributed by atoms with Gasteiger partial charge in [0.25, 0.3) is 0 Å². The van der Waals surface area contributed by atoms with Gasteiger partial charge in [0.1, 0.15) is 6.10 Å². The van der Waals surface area contributed by atoms with E-state index in [2.05, 4.69) is 18.0 Å². The van der Waals surface area contributed by atoms with E-state index in [4.69, 9.17) is 0 Å². The van der Waals surface area contributed by atoms with E-state index < -0.39 is 6.10 Å². The van der Waals surface area contributed by atoms with Gasteiger partial charge in [-0.05, 0) is 36.1 Å². The molecule has 18 heavy (non-hydrogen) atoms. The van der Waals surface area contributed by atoms with E-state index in [1.54, 1.807) is 11.3 Å². The van der Waals surface area contributed by atoms with Gasteiger partial charge in [0.2, 0.25) is 0 Å². The zero-order chi connectivity index (χ0) is 12.5. The average molecular weight is 255 g/mol. The van der Waals surface area contributed by atoms with Crippen LogP contribution in [0.3, 0.4) is 0 Å². The highest BCUT2D eigenvalue weighted by Crippen LogP contribution is 2.27. The fourth-order valence-corrected chi connectivity index (χ4v) is 2.83. The third kappa shape index (κ3) is 1.92. The van der Waals surface area contributed by atoms with Crippen LogP contribution in [0, 0.1) is 6.92 Å². The van der Waals surface area contributed by atoms with Gasteiger partial charge in [-0.15, -0.1) is 11.3 Å². The van der Waals surface area contributed by atoms with E-state index >= 15 is 0 Å². The van der Waals surface area contributed by atoms with Gasteiger partial charge >= 0.3 is 0 Å². The van der Waals surface area contributed by atoms with E-state index in [1.807, 2.05) is 41.8 Å². The standard InChI is InChI=1S/C15H13NOS/c1-10-9-13(15(17)14-7-4-8-18-14)16-12-6-3-2-5-11(10)12/h2-9,15,17H,1H3. The van der Waals surface area contributed by atoms with Crippen molar-refractivity contribution in [3.05, 3.63) is 64.0 Å². The number of aryl methyl sites for hydroxylation is 1. The van der Waals surface area contributed by atoms with E-state index in [9.17, 15) is 5.11 Å². The first-order valence-electron chi connectivity index (χ1n) is 5.83. The van der Waals surface area contributed by atoms with Crippen molar-refractivity contribution in [3.63, 3.8) is 0 Å². The summed E-state index contributed by atoms with van der Waals surface area (Å²) in [7, 11) is 0. The van der Waals surface area contributed by atoms with Crippen LogP contribution in [0.5, 0.6) is 0 Å². The minimum atomic E-state index is -0.631. The molecule has 0 saturated carbocycles. The van der Waals surface area contributed by atoms with Gasteiger partial charge in [-0.3, -0.25) is 0 Å². The molecule has 90 valence electrons. The summed E-state index contributed by atoms with van der Waals surface area (Å²) in [5, 5.41) is 13.4. The predicted molar refractivity (Wildman–Crippen MR) is 74.9 cm³/mol. The molecule has 0 radical (unpaired) electrons. The molecule has 1 aromatic carbocycles. The molecule has 2 aromatic heterocycles. The van der Waals surface area contributed by atoms with Crippen molar-refractivity contribution in [1.82, 2.24) is 4.98 Å². The van der Waals surface area contributed by atoms with Crippen LogP contribution >= 0.6 is 11.3 Å². The Labute approximate surface area is 110 Å². The fraction of sp³-hybridized carbons (Fsp3) is 0.133. The number of hydrogen-bond donors (Lipinski definition) is 1. The van der Waals surface area contributed by atoms with E-state index in [0.29, 0.717) is 5.69 Å². The first-order valence-corrected chi connectivity index (χ1v) is 6.71. The molecule has 0 aliphatic heterocycles. The number of pyridine rings is 1. The summed E-state index contributed by atoms with van der Waals surface area (Å²) in [4.78, 5) is 5.48. The highest BCUT2D eigenvalue weighted by molar-refractivity contribution is 7.10. The van der Waals surface area contributed by atoms with Crippen LogP contribution < -0.4 is 0 Å². The van der Waals surface area contributed by atoms with Crippen LogP contribution in [0.1, 0.15) is 22.2 Å². The Kier molecular flexibility index (Phi) is 2.86. The monoisotopic (exact) mass is 255 g/mol. The van der Waals surface area contributed by atoms with Gasteiger partial charge in [0.15, 0.2) is 0 Å². The maximum atomic E-state index is 10.3. The zero-order valence-electron chi connectivity index (χ0n) is 10.00. The van der Waals surface area contributed by atoms with E-state index in [0.717, 1.165) is 21.3 Å². The summed E-state index contributed by atoms with van der Waals surface area (Å²) in [6.07, 6.45) is -0.631. The lowest BCUT2D eigenvalue weighted by atomic mass is 10.1. The topological polar surface area (TPSA) is 33.1 Å². The summed E-state index contributed by atoms with van der Waals surface area (Å²) in [6.45, 7) is 2.05. The number of benzene rings is 1.